The predicted molar refractivity (Wildman–Crippen MR) is 103 cm³/mol. The summed E-state index contributed by atoms with van der Waals surface area (Å²) in [6.45, 7) is 7.09. The smallest absolute Gasteiger partial charge is 0.339 e. The minimum atomic E-state index is -0.565. The first-order chi connectivity index (χ1) is 12.8. The molecule has 1 amide bonds. The molecule has 0 radical (unpaired) electrons. The second kappa shape index (κ2) is 8.66. The number of carbonyl (C=O) groups excluding carboxylic acids is 3. The number of carbonyl (C=O) groups is 3. The molecule has 0 fully saturated rings. The molecule has 2 aromatic rings. The summed E-state index contributed by atoms with van der Waals surface area (Å²) in [6.07, 6.45) is 0.696. The first-order valence-electron chi connectivity index (χ1n) is 8.95. The standard InChI is InChI=1S/C21H26N2O4/c1-6-16(15-9-7-12(2)8-10-15)22-18(25)11-17-19(21(26)27-5)13(3)20(23-17)14(4)24/h7-10,16,23H,6,11H2,1-5H3,(H,22,25). The topological polar surface area (TPSA) is 88.3 Å². The molecule has 6 heteroatoms. The largest absolute Gasteiger partial charge is 0.465 e. The molecule has 0 aliphatic rings. The van der Waals surface area contributed by atoms with Crippen LogP contribution in [-0.4, -0.2) is 29.8 Å². The normalized spacial score (nSPS) is 11.7. The summed E-state index contributed by atoms with van der Waals surface area (Å²) in [4.78, 5) is 39.4. The highest BCUT2D eigenvalue weighted by atomic mass is 16.5. The summed E-state index contributed by atoms with van der Waals surface area (Å²) in [5.74, 6) is -0.996. The number of nitrogens with one attached hydrogen (secondary N) is 2. The molecule has 1 heterocycles. The second-order valence-corrected chi connectivity index (χ2v) is 6.64. The van der Waals surface area contributed by atoms with Crippen LogP contribution in [0.1, 0.15) is 69.5 Å². The van der Waals surface area contributed by atoms with Crippen molar-refractivity contribution in [3.63, 3.8) is 0 Å². The highest BCUT2D eigenvalue weighted by Crippen LogP contribution is 2.22. The third-order valence-electron chi connectivity index (χ3n) is 4.63. The van der Waals surface area contributed by atoms with Gasteiger partial charge in [-0.3, -0.25) is 9.59 Å². The Bertz CT molecular complexity index is 850. The number of benzene rings is 1. The maximum Gasteiger partial charge on any atom is 0.339 e. The zero-order valence-corrected chi connectivity index (χ0v) is 16.4. The minimum Gasteiger partial charge on any atom is -0.465 e. The van der Waals surface area contributed by atoms with Crippen molar-refractivity contribution >= 4 is 17.7 Å². The molecule has 2 rings (SSSR count). The van der Waals surface area contributed by atoms with E-state index in [2.05, 4.69) is 10.3 Å². The van der Waals surface area contributed by atoms with Crippen LogP contribution in [0.15, 0.2) is 24.3 Å². The molecule has 0 spiro atoms. The number of Topliss-reactive ketones (excluding diaryl/α,β-unsaturated/α-hetero) is 1. The third kappa shape index (κ3) is 4.64. The summed E-state index contributed by atoms with van der Waals surface area (Å²) >= 11 is 0. The van der Waals surface area contributed by atoms with E-state index < -0.39 is 5.97 Å². The number of H-pyrrole nitrogens is 1. The van der Waals surface area contributed by atoms with Gasteiger partial charge in [0.1, 0.15) is 0 Å². The van der Waals surface area contributed by atoms with Crippen LogP contribution in [0.5, 0.6) is 0 Å². The number of esters is 1. The number of amides is 1. The summed E-state index contributed by atoms with van der Waals surface area (Å²) in [5.41, 5.74) is 3.64. The molecule has 0 aliphatic heterocycles. The van der Waals surface area contributed by atoms with Gasteiger partial charge in [0.2, 0.25) is 5.91 Å². The SMILES string of the molecule is CCC(NC(=O)Cc1[nH]c(C(C)=O)c(C)c1C(=O)OC)c1ccc(C)cc1. The predicted octanol–water partition coefficient (Wildman–Crippen LogP) is 3.43. The van der Waals surface area contributed by atoms with E-state index in [0.717, 1.165) is 17.5 Å². The van der Waals surface area contributed by atoms with Crippen LogP contribution in [0.3, 0.4) is 0 Å². The summed E-state index contributed by atoms with van der Waals surface area (Å²) < 4.78 is 4.81. The van der Waals surface area contributed by atoms with E-state index in [1.165, 1.54) is 14.0 Å². The number of hydrogen-bond acceptors (Lipinski definition) is 4. The van der Waals surface area contributed by atoms with Gasteiger partial charge in [0.15, 0.2) is 5.78 Å². The number of ether oxygens (including phenoxy) is 1. The third-order valence-corrected chi connectivity index (χ3v) is 4.63. The lowest BCUT2D eigenvalue weighted by Gasteiger charge is -2.18. The number of ketones is 1. The van der Waals surface area contributed by atoms with Crippen molar-refractivity contribution in [3.05, 3.63) is 57.9 Å². The molecule has 1 aromatic heterocycles. The molecule has 0 aliphatic carbocycles. The van der Waals surface area contributed by atoms with Crippen LogP contribution >= 0.6 is 0 Å². The first kappa shape index (κ1) is 20.4. The van der Waals surface area contributed by atoms with Crippen molar-refractivity contribution in [3.8, 4) is 0 Å². The van der Waals surface area contributed by atoms with Crippen LogP contribution < -0.4 is 5.32 Å². The van der Waals surface area contributed by atoms with Crippen LogP contribution in [0.2, 0.25) is 0 Å². The molecule has 0 saturated heterocycles. The Labute approximate surface area is 159 Å². The Hall–Kier alpha value is -2.89. The van der Waals surface area contributed by atoms with Gasteiger partial charge in [-0.1, -0.05) is 36.8 Å². The van der Waals surface area contributed by atoms with Crippen LogP contribution in [0.4, 0.5) is 0 Å². The first-order valence-corrected chi connectivity index (χ1v) is 8.95. The molecule has 1 aromatic carbocycles. The minimum absolute atomic E-state index is 0.0408. The lowest BCUT2D eigenvalue weighted by Crippen LogP contribution is -2.30. The Balaban J connectivity index is 2.23. The van der Waals surface area contributed by atoms with Crippen molar-refractivity contribution in [2.75, 3.05) is 7.11 Å². The van der Waals surface area contributed by atoms with E-state index in [9.17, 15) is 14.4 Å². The van der Waals surface area contributed by atoms with Crippen molar-refractivity contribution < 1.29 is 19.1 Å². The van der Waals surface area contributed by atoms with Crippen molar-refractivity contribution in [2.45, 2.75) is 46.6 Å². The maximum atomic E-state index is 12.6. The van der Waals surface area contributed by atoms with Crippen LogP contribution in [-0.2, 0) is 16.0 Å². The number of aromatic amines is 1. The van der Waals surface area contributed by atoms with Gasteiger partial charge in [0, 0.05) is 12.6 Å². The van der Waals surface area contributed by atoms with E-state index in [4.69, 9.17) is 4.74 Å². The van der Waals surface area contributed by atoms with Gasteiger partial charge in [-0.05, 0) is 31.4 Å². The number of hydrogen-bond donors (Lipinski definition) is 2. The Morgan fingerprint density at radius 1 is 1.15 bits per heavy atom. The van der Waals surface area contributed by atoms with Gasteiger partial charge in [-0.15, -0.1) is 0 Å². The van der Waals surface area contributed by atoms with E-state index in [-0.39, 0.29) is 29.7 Å². The fourth-order valence-electron chi connectivity index (χ4n) is 3.15. The average molecular weight is 370 g/mol. The van der Waals surface area contributed by atoms with Crippen molar-refractivity contribution in [1.29, 1.82) is 0 Å². The van der Waals surface area contributed by atoms with Gasteiger partial charge in [0.05, 0.1) is 30.8 Å². The molecule has 27 heavy (non-hydrogen) atoms. The molecular formula is C21H26N2O4. The quantitative estimate of drug-likeness (QED) is 0.577. The molecular weight excluding hydrogens is 344 g/mol. The Morgan fingerprint density at radius 3 is 2.30 bits per heavy atom. The maximum absolute atomic E-state index is 12.6. The molecule has 0 saturated carbocycles. The van der Waals surface area contributed by atoms with Crippen LogP contribution in [0.25, 0.3) is 0 Å². The summed E-state index contributed by atoms with van der Waals surface area (Å²) in [5, 5.41) is 3.00. The summed E-state index contributed by atoms with van der Waals surface area (Å²) in [7, 11) is 1.27. The number of aryl methyl sites for hydroxylation is 1. The van der Waals surface area contributed by atoms with Crippen molar-refractivity contribution in [1.82, 2.24) is 10.3 Å². The van der Waals surface area contributed by atoms with Gasteiger partial charge < -0.3 is 15.0 Å². The lowest BCUT2D eigenvalue weighted by atomic mass is 10.0. The zero-order valence-electron chi connectivity index (χ0n) is 16.4. The summed E-state index contributed by atoms with van der Waals surface area (Å²) in [6, 6.07) is 7.88. The lowest BCUT2D eigenvalue weighted by molar-refractivity contribution is -0.121. The van der Waals surface area contributed by atoms with Crippen molar-refractivity contribution in [2.24, 2.45) is 0 Å². The monoisotopic (exact) mass is 370 g/mol. The highest BCUT2D eigenvalue weighted by Gasteiger charge is 2.25. The fraction of sp³-hybridized carbons (Fsp3) is 0.381. The van der Waals surface area contributed by atoms with E-state index in [0.29, 0.717) is 17.0 Å². The van der Waals surface area contributed by atoms with E-state index in [1.807, 2.05) is 38.1 Å². The number of aromatic nitrogens is 1. The Morgan fingerprint density at radius 2 is 1.78 bits per heavy atom. The molecule has 2 N–H and O–H groups in total. The second-order valence-electron chi connectivity index (χ2n) is 6.64. The molecule has 1 atom stereocenters. The van der Waals surface area contributed by atoms with Gasteiger partial charge >= 0.3 is 5.97 Å². The average Bonchev–Trinajstić information content (AvgIpc) is 2.96. The molecule has 144 valence electrons. The van der Waals surface area contributed by atoms with Crippen LogP contribution in [0, 0.1) is 13.8 Å². The van der Waals surface area contributed by atoms with Gasteiger partial charge in [-0.25, -0.2) is 4.79 Å². The Kier molecular flexibility index (Phi) is 6.55. The molecule has 0 bridgehead atoms. The van der Waals surface area contributed by atoms with Gasteiger partial charge in [-0.2, -0.15) is 0 Å². The molecule has 1 unspecified atom stereocenters. The highest BCUT2D eigenvalue weighted by molar-refractivity contribution is 6.01. The number of rotatable bonds is 7. The zero-order chi connectivity index (χ0) is 20.1. The molecule has 6 nitrogen and oxygen atoms in total. The fourth-order valence-corrected chi connectivity index (χ4v) is 3.15. The van der Waals surface area contributed by atoms with E-state index >= 15 is 0 Å². The van der Waals surface area contributed by atoms with E-state index in [1.54, 1.807) is 6.92 Å². The van der Waals surface area contributed by atoms with Gasteiger partial charge in [0.25, 0.3) is 0 Å². The number of methoxy groups -OCH3 is 1.